The largest absolute Gasteiger partial charge is 0.192 e. The molecule has 2 rings (SSSR count). The molecule has 0 heterocycles. The zero-order valence-corrected chi connectivity index (χ0v) is 7.17. The molecule has 0 spiro atoms. The van der Waals surface area contributed by atoms with Crippen LogP contribution in [0.25, 0.3) is 0 Å². The van der Waals surface area contributed by atoms with E-state index in [9.17, 15) is 0 Å². The van der Waals surface area contributed by atoms with Gasteiger partial charge in [-0.3, -0.25) is 0 Å². The number of fused-ring (bicyclic) bond motifs is 1. The summed E-state index contributed by atoms with van der Waals surface area (Å²) in [5, 5.41) is 8.68. The van der Waals surface area contributed by atoms with Crippen molar-refractivity contribution in [3.8, 4) is 6.07 Å². The van der Waals surface area contributed by atoms with Gasteiger partial charge >= 0.3 is 0 Å². The van der Waals surface area contributed by atoms with E-state index in [1.54, 1.807) is 0 Å². The Labute approximate surface area is 72.6 Å². The standard InChI is InChI=1S/C11H11N/c1-8-2-4-10-6-9(7-12)3-5-11(8)10/h3,5-6,8H,2,4H2,1H3/t8-/m1/s1. The van der Waals surface area contributed by atoms with Crippen LogP contribution >= 0.6 is 0 Å². The third-order valence-electron chi connectivity index (χ3n) is 2.65. The Morgan fingerprint density at radius 1 is 1.50 bits per heavy atom. The zero-order valence-electron chi connectivity index (χ0n) is 7.17. The summed E-state index contributed by atoms with van der Waals surface area (Å²) in [4.78, 5) is 0. The Kier molecular flexibility index (Phi) is 1.62. The highest BCUT2D eigenvalue weighted by Gasteiger charge is 2.17. The molecule has 1 aliphatic rings. The summed E-state index contributed by atoms with van der Waals surface area (Å²) in [5.41, 5.74) is 3.61. The van der Waals surface area contributed by atoms with Gasteiger partial charge in [0, 0.05) is 0 Å². The molecule has 0 radical (unpaired) electrons. The number of rotatable bonds is 0. The molecule has 0 N–H and O–H groups in total. The van der Waals surface area contributed by atoms with Gasteiger partial charge in [-0.1, -0.05) is 13.0 Å². The fourth-order valence-corrected chi connectivity index (χ4v) is 1.90. The molecule has 0 aromatic heterocycles. The quantitative estimate of drug-likeness (QED) is 0.568. The van der Waals surface area contributed by atoms with E-state index >= 15 is 0 Å². The molecular weight excluding hydrogens is 146 g/mol. The lowest BCUT2D eigenvalue weighted by Crippen LogP contribution is -1.86. The van der Waals surface area contributed by atoms with E-state index in [2.05, 4.69) is 19.1 Å². The van der Waals surface area contributed by atoms with Crippen molar-refractivity contribution in [2.75, 3.05) is 0 Å². The van der Waals surface area contributed by atoms with Crippen LogP contribution in [0.15, 0.2) is 18.2 Å². The zero-order chi connectivity index (χ0) is 8.55. The van der Waals surface area contributed by atoms with Gasteiger partial charge in [-0.25, -0.2) is 0 Å². The maximum Gasteiger partial charge on any atom is 0.0991 e. The summed E-state index contributed by atoms with van der Waals surface area (Å²) in [7, 11) is 0. The monoisotopic (exact) mass is 157 g/mol. The molecule has 1 aliphatic carbocycles. The van der Waals surface area contributed by atoms with Gasteiger partial charge in [-0.15, -0.1) is 0 Å². The van der Waals surface area contributed by atoms with Gasteiger partial charge in [0.15, 0.2) is 0 Å². The second kappa shape index (κ2) is 2.64. The minimum Gasteiger partial charge on any atom is -0.192 e. The van der Waals surface area contributed by atoms with Crippen LogP contribution in [0.2, 0.25) is 0 Å². The molecule has 0 unspecified atom stereocenters. The van der Waals surface area contributed by atoms with Crippen LogP contribution < -0.4 is 0 Å². The van der Waals surface area contributed by atoms with Gasteiger partial charge < -0.3 is 0 Å². The maximum absolute atomic E-state index is 8.68. The summed E-state index contributed by atoms with van der Waals surface area (Å²) >= 11 is 0. The van der Waals surface area contributed by atoms with Crippen molar-refractivity contribution in [2.45, 2.75) is 25.7 Å². The number of aryl methyl sites for hydroxylation is 1. The number of hydrogen-bond acceptors (Lipinski definition) is 1. The number of nitrogens with zero attached hydrogens (tertiary/aromatic N) is 1. The van der Waals surface area contributed by atoms with E-state index in [1.807, 2.05) is 12.1 Å². The van der Waals surface area contributed by atoms with Crippen molar-refractivity contribution in [3.05, 3.63) is 34.9 Å². The average molecular weight is 157 g/mol. The highest BCUT2D eigenvalue weighted by atomic mass is 14.3. The highest BCUT2D eigenvalue weighted by Crippen LogP contribution is 2.32. The van der Waals surface area contributed by atoms with Crippen LogP contribution in [-0.4, -0.2) is 0 Å². The molecular formula is C11H11N. The molecule has 1 aromatic rings. The fraction of sp³-hybridized carbons (Fsp3) is 0.364. The van der Waals surface area contributed by atoms with Gasteiger partial charge in [0.2, 0.25) is 0 Å². The van der Waals surface area contributed by atoms with Gasteiger partial charge in [-0.2, -0.15) is 5.26 Å². The Balaban J connectivity index is 2.50. The van der Waals surface area contributed by atoms with Crippen LogP contribution in [0.3, 0.4) is 0 Å². The normalized spacial score (nSPS) is 20.2. The predicted molar refractivity (Wildman–Crippen MR) is 47.9 cm³/mol. The molecule has 0 fully saturated rings. The molecule has 1 nitrogen and oxygen atoms in total. The molecule has 0 saturated heterocycles. The minimum atomic E-state index is 0.688. The molecule has 0 aliphatic heterocycles. The second-order valence-electron chi connectivity index (χ2n) is 3.47. The first kappa shape index (κ1) is 7.36. The van der Waals surface area contributed by atoms with E-state index in [-0.39, 0.29) is 0 Å². The molecule has 0 saturated carbocycles. The molecule has 60 valence electrons. The smallest absolute Gasteiger partial charge is 0.0991 e. The molecule has 0 bridgehead atoms. The van der Waals surface area contributed by atoms with Crippen molar-refractivity contribution in [3.63, 3.8) is 0 Å². The van der Waals surface area contributed by atoms with E-state index < -0.39 is 0 Å². The lowest BCUT2D eigenvalue weighted by atomic mass is 10.0. The topological polar surface area (TPSA) is 23.8 Å². The number of benzene rings is 1. The van der Waals surface area contributed by atoms with Gasteiger partial charge in [0.1, 0.15) is 0 Å². The van der Waals surface area contributed by atoms with Crippen molar-refractivity contribution in [1.82, 2.24) is 0 Å². The first-order chi connectivity index (χ1) is 5.81. The van der Waals surface area contributed by atoms with Crippen LogP contribution in [0.1, 0.15) is 36.0 Å². The summed E-state index contributed by atoms with van der Waals surface area (Å²) in [6.45, 7) is 2.25. The van der Waals surface area contributed by atoms with Crippen molar-refractivity contribution in [1.29, 1.82) is 5.26 Å². The van der Waals surface area contributed by atoms with Crippen LogP contribution in [0, 0.1) is 11.3 Å². The van der Waals surface area contributed by atoms with E-state index in [0.29, 0.717) is 5.92 Å². The Bertz CT molecular complexity index is 347. The average Bonchev–Trinajstić information content (AvgIpc) is 2.47. The highest BCUT2D eigenvalue weighted by molar-refractivity contribution is 5.42. The van der Waals surface area contributed by atoms with Gasteiger partial charge in [0.05, 0.1) is 11.6 Å². The second-order valence-corrected chi connectivity index (χ2v) is 3.47. The molecule has 1 heteroatoms. The Morgan fingerprint density at radius 2 is 2.33 bits per heavy atom. The first-order valence-electron chi connectivity index (χ1n) is 4.34. The number of nitriles is 1. The Morgan fingerprint density at radius 3 is 3.08 bits per heavy atom. The summed E-state index contributed by atoms with van der Waals surface area (Å²) < 4.78 is 0. The predicted octanol–water partition coefficient (Wildman–Crippen LogP) is 2.61. The van der Waals surface area contributed by atoms with E-state index in [0.717, 1.165) is 12.0 Å². The Hall–Kier alpha value is -1.29. The van der Waals surface area contributed by atoms with Crippen molar-refractivity contribution >= 4 is 0 Å². The van der Waals surface area contributed by atoms with E-state index in [1.165, 1.54) is 17.5 Å². The third kappa shape index (κ3) is 1.00. The SMILES string of the molecule is C[C@@H]1CCc2cc(C#N)ccc21. The lowest BCUT2D eigenvalue weighted by molar-refractivity contribution is 0.747. The fourth-order valence-electron chi connectivity index (χ4n) is 1.90. The molecule has 12 heavy (non-hydrogen) atoms. The molecule has 1 atom stereocenters. The third-order valence-corrected chi connectivity index (χ3v) is 2.65. The van der Waals surface area contributed by atoms with Crippen LogP contribution in [-0.2, 0) is 6.42 Å². The van der Waals surface area contributed by atoms with Crippen LogP contribution in [0.4, 0.5) is 0 Å². The van der Waals surface area contributed by atoms with E-state index in [4.69, 9.17) is 5.26 Å². The van der Waals surface area contributed by atoms with Crippen molar-refractivity contribution in [2.24, 2.45) is 0 Å². The van der Waals surface area contributed by atoms with Crippen molar-refractivity contribution < 1.29 is 0 Å². The lowest BCUT2D eigenvalue weighted by Gasteiger charge is -2.02. The van der Waals surface area contributed by atoms with Crippen LogP contribution in [0.5, 0.6) is 0 Å². The summed E-state index contributed by atoms with van der Waals surface area (Å²) in [6, 6.07) is 8.22. The maximum atomic E-state index is 8.68. The van der Waals surface area contributed by atoms with Gasteiger partial charge in [-0.05, 0) is 42.0 Å². The molecule has 0 amide bonds. The van der Waals surface area contributed by atoms with Gasteiger partial charge in [0.25, 0.3) is 0 Å². The minimum absolute atomic E-state index is 0.688. The summed E-state index contributed by atoms with van der Waals surface area (Å²) in [6.07, 6.45) is 2.39. The summed E-state index contributed by atoms with van der Waals surface area (Å²) in [5.74, 6) is 0.688. The number of hydrogen-bond donors (Lipinski definition) is 0. The molecule has 1 aromatic carbocycles. The first-order valence-corrected chi connectivity index (χ1v) is 4.34.